The summed E-state index contributed by atoms with van der Waals surface area (Å²) in [6, 6.07) is 0. The van der Waals surface area contributed by atoms with Crippen LogP contribution in [0.1, 0.15) is 12.2 Å². The van der Waals surface area contributed by atoms with Crippen LogP contribution in [0.15, 0.2) is 9.32 Å². The second-order valence-electron chi connectivity index (χ2n) is 2.10. The van der Waals surface area contributed by atoms with Gasteiger partial charge in [0, 0.05) is 13.0 Å². The lowest BCUT2D eigenvalue weighted by Gasteiger charge is -1.93. The molecule has 0 fully saturated rings. The van der Waals surface area contributed by atoms with Crippen LogP contribution in [0.25, 0.3) is 0 Å². The van der Waals surface area contributed by atoms with Crippen LogP contribution in [0.5, 0.6) is 0 Å². The van der Waals surface area contributed by atoms with Crippen molar-refractivity contribution < 1.29 is 9.32 Å². The van der Waals surface area contributed by atoms with Crippen molar-refractivity contribution in [2.75, 3.05) is 0 Å². The SMILES string of the molecule is Cc1noc(=O)n1CCC=O. The zero-order valence-electron chi connectivity index (χ0n) is 6.11. The molecular formula is C6H8N2O3. The molecule has 1 aromatic rings. The van der Waals surface area contributed by atoms with Crippen LogP contribution in [-0.4, -0.2) is 16.0 Å². The summed E-state index contributed by atoms with van der Waals surface area (Å²) in [7, 11) is 0. The van der Waals surface area contributed by atoms with Gasteiger partial charge in [-0.1, -0.05) is 5.16 Å². The van der Waals surface area contributed by atoms with E-state index in [4.69, 9.17) is 0 Å². The first-order valence-corrected chi connectivity index (χ1v) is 3.22. The summed E-state index contributed by atoms with van der Waals surface area (Å²) in [5, 5.41) is 3.43. The van der Waals surface area contributed by atoms with E-state index in [1.54, 1.807) is 6.92 Å². The summed E-state index contributed by atoms with van der Waals surface area (Å²) in [5.74, 6) is -0.0128. The molecule has 0 aliphatic rings. The molecule has 0 saturated heterocycles. The molecule has 60 valence electrons. The Morgan fingerprint density at radius 2 is 2.45 bits per heavy atom. The second-order valence-corrected chi connectivity index (χ2v) is 2.10. The van der Waals surface area contributed by atoms with Crippen LogP contribution in [-0.2, 0) is 11.3 Å². The van der Waals surface area contributed by atoms with Gasteiger partial charge in [0.15, 0.2) is 5.82 Å². The molecule has 0 bridgehead atoms. The Morgan fingerprint density at radius 3 is 2.91 bits per heavy atom. The monoisotopic (exact) mass is 156 g/mol. The molecule has 0 radical (unpaired) electrons. The molecule has 11 heavy (non-hydrogen) atoms. The van der Waals surface area contributed by atoms with Crippen molar-refractivity contribution in [2.45, 2.75) is 19.9 Å². The van der Waals surface area contributed by atoms with E-state index in [9.17, 15) is 9.59 Å². The zero-order valence-corrected chi connectivity index (χ0v) is 6.11. The average molecular weight is 156 g/mol. The number of aromatic nitrogens is 2. The van der Waals surface area contributed by atoms with Crippen LogP contribution in [0.3, 0.4) is 0 Å². The summed E-state index contributed by atoms with van der Waals surface area (Å²) in [6.45, 7) is 1.99. The quantitative estimate of drug-likeness (QED) is 0.565. The zero-order chi connectivity index (χ0) is 8.27. The van der Waals surface area contributed by atoms with E-state index in [-0.39, 0.29) is 0 Å². The van der Waals surface area contributed by atoms with Gasteiger partial charge in [-0.3, -0.25) is 9.09 Å². The molecule has 0 spiro atoms. The average Bonchev–Trinajstić information content (AvgIpc) is 2.29. The number of nitrogens with zero attached hydrogens (tertiary/aromatic N) is 2. The van der Waals surface area contributed by atoms with E-state index in [2.05, 4.69) is 9.68 Å². The normalized spacial score (nSPS) is 9.91. The Hall–Kier alpha value is -1.39. The van der Waals surface area contributed by atoms with Crippen molar-refractivity contribution in [3.8, 4) is 0 Å². The first kappa shape index (κ1) is 7.71. The van der Waals surface area contributed by atoms with E-state index in [0.717, 1.165) is 6.29 Å². The largest absolute Gasteiger partial charge is 0.441 e. The van der Waals surface area contributed by atoms with E-state index in [1.807, 2.05) is 0 Å². The molecule has 5 heteroatoms. The summed E-state index contributed by atoms with van der Waals surface area (Å²) < 4.78 is 5.65. The molecule has 0 unspecified atom stereocenters. The van der Waals surface area contributed by atoms with Crippen molar-refractivity contribution >= 4 is 6.29 Å². The Morgan fingerprint density at radius 1 is 1.73 bits per heavy atom. The van der Waals surface area contributed by atoms with Crippen LogP contribution in [0.2, 0.25) is 0 Å². The summed E-state index contributed by atoms with van der Waals surface area (Å²) in [5.41, 5.74) is 0. The van der Waals surface area contributed by atoms with Crippen molar-refractivity contribution in [1.82, 2.24) is 9.72 Å². The van der Waals surface area contributed by atoms with E-state index in [1.165, 1.54) is 4.57 Å². The summed E-state index contributed by atoms with van der Waals surface area (Å²) >= 11 is 0. The number of carbonyl (C=O) groups excluding carboxylic acids is 1. The molecule has 0 amide bonds. The van der Waals surface area contributed by atoms with E-state index in [0.29, 0.717) is 18.8 Å². The van der Waals surface area contributed by atoms with Crippen LogP contribution < -0.4 is 5.76 Å². The van der Waals surface area contributed by atoms with Gasteiger partial charge in [-0.25, -0.2) is 4.79 Å². The predicted molar refractivity (Wildman–Crippen MR) is 36.2 cm³/mol. The van der Waals surface area contributed by atoms with Gasteiger partial charge in [0.1, 0.15) is 6.29 Å². The Kier molecular flexibility index (Phi) is 2.20. The molecule has 1 rings (SSSR count). The van der Waals surface area contributed by atoms with Crippen LogP contribution >= 0.6 is 0 Å². The molecular weight excluding hydrogens is 148 g/mol. The molecule has 1 aromatic heterocycles. The highest BCUT2D eigenvalue weighted by Gasteiger charge is 2.03. The molecule has 0 aromatic carbocycles. The van der Waals surface area contributed by atoms with Crippen molar-refractivity contribution in [2.24, 2.45) is 0 Å². The van der Waals surface area contributed by atoms with Gasteiger partial charge in [-0.15, -0.1) is 0 Å². The topological polar surface area (TPSA) is 65.1 Å². The standard InChI is InChI=1S/C6H8N2O3/c1-5-7-11-6(10)8(5)3-2-4-9/h4H,2-3H2,1H3. The van der Waals surface area contributed by atoms with Crippen LogP contribution in [0.4, 0.5) is 0 Å². The second kappa shape index (κ2) is 3.14. The first-order valence-electron chi connectivity index (χ1n) is 3.22. The minimum Gasteiger partial charge on any atom is -0.303 e. The summed E-state index contributed by atoms with van der Waals surface area (Å²) in [6.07, 6.45) is 1.06. The smallest absolute Gasteiger partial charge is 0.303 e. The van der Waals surface area contributed by atoms with E-state index < -0.39 is 5.76 Å². The minimum absolute atomic E-state index is 0.307. The third-order valence-electron chi connectivity index (χ3n) is 1.34. The van der Waals surface area contributed by atoms with E-state index >= 15 is 0 Å². The number of aldehydes is 1. The molecule has 0 saturated carbocycles. The highest BCUT2D eigenvalue weighted by molar-refractivity contribution is 5.48. The number of rotatable bonds is 3. The molecule has 1 heterocycles. The number of hydrogen-bond acceptors (Lipinski definition) is 4. The maximum atomic E-state index is 10.8. The number of hydrogen-bond donors (Lipinski definition) is 0. The highest BCUT2D eigenvalue weighted by Crippen LogP contribution is 1.89. The van der Waals surface area contributed by atoms with Crippen molar-refractivity contribution in [3.63, 3.8) is 0 Å². The van der Waals surface area contributed by atoms with Gasteiger partial charge in [-0.2, -0.15) is 0 Å². The third kappa shape index (κ3) is 1.54. The first-order chi connectivity index (χ1) is 5.25. The van der Waals surface area contributed by atoms with Crippen LogP contribution in [0, 0.1) is 6.92 Å². The van der Waals surface area contributed by atoms with Gasteiger partial charge in [0.05, 0.1) is 0 Å². The van der Waals surface area contributed by atoms with Gasteiger partial charge in [0.25, 0.3) is 0 Å². The third-order valence-corrected chi connectivity index (χ3v) is 1.34. The fourth-order valence-electron chi connectivity index (χ4n) is 0.771. The lowest BCUT2D eigenvalue weighted by molar-refractivity contribution is -0.108. The van der Waals surface area contributed by atoms with Gasteiger partial charge >= 0.3 is 5.76 Å². The minimum atomic E-state index is -0.510. The lowest BCUT2D eigenvalue weighted by atomic mass is 10.4. The maximum absolute atomic E-state index is 10.8. The molecule has 0 aliphatic heterocycles. The Bertz CT molecular complexity index is 299. The molecule has 0 N–H and O–H groups in total. The fourth-order valence-corrected chi connectivity index (χ4v) is 0.771. The molecule has 0 atom stereocenters. The predicted octanol–water partition coefficient (Wildman–Crippen LogP) is -0.266. The Labute approximate surface area is 62.6 Å². The number of carbonyl (C=O) groups is 1. The van der Waals surface area contributed by atoms with Gasteiger partial charge in [-0.05, 0) is 6.92 Å². The number of aryl methyl sites for hydroxylation is 1. The van der Waals surface area contributed by atoms with Crippen molar-refractivity contribution in [1.29, 1.82) is 0 Å². The lowest BCUT2D eigenvalue weighted by Crippen LogP contribution is -2.15. The molecule has 0 aliphatic carbocycles. The molecule has 5 nitrogen and oxygen atoms in total. The van der Waals surface area contributed by atoms with Crippen molar-refractivity contribution in [3.05, 3.63) is 16.4 Å². The fraction of sp³-hybridized carbons (Fsp3) is 0.500. The Balaban J connectivity index is 2.83. The van der Waals surface area contributed by atoms with Gasteiger partial charge in [0.2, 0.25) is 0 Å². The summed E-state index contributed by atoms with van der Waals surface area (Å²) in [4.78, 5) is 20.7. The van der Waals surface area contributed by atoms with Gasteiger partial charge < -0.3 is 4.79 Å². The maximum Gasteiger partial charge on any atom is 0.441 e. The highest BCUT2D eigenvalue weighted by atomic mass is 16.5.